The summed E-state index contributed by atoms with van der Waals surface area (Å²) in [6.07, 6.45) is 3.91. The Bertz CT molecular complexity index is 1120. The van der Waals surface area contributed by atoms with Crippen molar-refractivity contribution in [1.82, 2.24) is 9.80 Å². The van der Waals surface area contributed by atoms with Crippen LogP contribution in [0.25, 0.3) is 6.08 Å². The summed E-state index contributed by atoms with van der Waals surface area (Å²) in [5.41, 5.74) is 2.99. The Labute approximate surface area is 213 Å². The highest BCUT2D eigenvalue weighted by atomic mass is 16.5. The van der Waals surface area contributed by atoms with Crippen molar-refractivity contribution in [3.05, 3.63) is 88.7 Å². The number of carbonyl (C=O) groups is 2. The van der Waals surface area contributed by atoms with Gasteiger partial charge in [0.1, 0.15) is 0 Å². The molecule has 1 saturated heterocycles. The van der Waals surface area contributed by atoms with Gasteiger partial charge in [0.15, 0.2) is 11.5 Å². The molecular weight excluding hydrogens is 452 g/mol. The van der Waals surface area contributed by atoms with Crippen LogP contribution >= 0.6 is 0 Å². The van der Waals surface area contributed by atoms with Gasteiger partial charge in [-0.1, -0.05) is 81.4 Å². The number of carbonyl (C=O) groups excluding carboxylic acids is 2. The molecule has 0 aliphatic carbocycles. The molecule has 1 fully saturated rings. The Hall–Kier alpha value is -3.22. The number of aliphatic hydroxyl groups is 1. The maximum absolute atomic E-state index is 13.3. The van der Waals surface area contributed by atoms with Crippen LogP contribution in [0.1, 0.15) is 49.9 Å². The van der Waals surface area contributed by atoms with Gasteiger partial charge in [-0.2, -0.15) is 0 Å². The van der Waals surface area contributed by atoms with Crippen LogP contribution in [0.4, 0.5) is 0 Å². The highest BCUT2D eigenvalue weighted by Crippen LogP contribution is 2.39. The van der Waals surface area contributed by atoms with Gasteiger partial charge in [0, 0.05) is 26.2 Å². The van der Waals surface area contributed by atoms with Crippen LogP contribution in [0, 0.1) is 0 Å². The third-order valence-corrected chi connectivity index (χ3v) is 6.87. The Morgan fingerprint density at radius 1 is 1.03 bits per heavy atom. The van der Waals surface area contributed by atoms with Crippen LogP contribution in [0.2, 0.25) is 0 Å². The Morgan fingerprint density at radius 2 is 1.69 bits per heavy atom. The number of morpholine rings is 1. The predicted octanol–water partition coefficient (Wildman–Crippen LogP) is 4.68. The maximum Gasteiger partial charge on any atom is 0.290 e. The largest absolute Gasteiger partial charge is 0.503 e. The zero-order valence-corrected chi connectivity index (χ0v) is 21.4. The van der Waals surface area contributed by atoms with Crippen molar-refractivity contribution in [2.75, 3.05) is 39.4 Å². The lowest BCUT2D eigenvalue weighted by Crippen LogP contribution is -2.39. The number of allylic oxidation sites excluding steroid dienone is 1. The first-order chi connectivity index (χ1) is 17.3. The second kappa shape index (κ2) is 11.2. The third kappa shape index (κ3) is 5.94. The second-order valence-corrected chi connectivity index (χ2v) is 10.5. The number of ether oxygens (including phenoxy) is 1. The Morgan fingerprint density at radius 3 is 2.33 bits per heavy atom. The molecule has 0 saturated carbocycles. The van der Waals surface area contributed by atoms with Gasteiger partial charge in [-0.15, -0.1) is 0 Å². The average Bonchev–Trinajstić information content (AvgIpc) is 3.13. The van der Waals surface area contributed by atoms with Crippen LogP contribution in [0.5, 0.6) is 0 Å². The monoisotopic (exact) mass is 488 g/mol. The van der Waals surface area contributed by atoms with Crippen LogP contribution in [0.15, 0.2) is 72.0 Å². The molecule has 1 atom stereocenters. The molecule has 0 aromatic heterocycles. The fourth-order valence-corrected chi connectivity index (χ4v) is 4.76. The van der Waals surface area contributed by atoms with E-state index >= 15 is 0 Å². The van der Waals surface area contributed by atoms with E-state index in [0.29, 0.717) is 6.54 Å². The molecule has 2 aromatic rings. The molecule has 0 radical (unpaired) electrons. The summed E-state index contributed by atoms with van der Waals surface area (Å²) in [7, 11) is 0. The lowest BCUT2D eigenvalue weighted by molar-refractivity contribution is -0.129. The zero-order chi connectivity index (χ0) is 25.7. The van der Waals surface area contributed by atoms with Crippen molar-refractivity contribution in [3.8, 4) is 0 Å². The van der Waals surface area contributed by atoms with E-state index in [1.54, 1.807) is 11.0 Å². The van der Waals surface area contributed by atoms with Gasteiger partial charge < -0.3 is 14.7 Å². The molecule has 2 heterocycles. The van der Waals surface area contributed by atoms with Gasteiger partial charge in [-0.3, -0.25) is 14.5 Å². The van der Waals surface area contributed by atoms with Crippen LogP contribution in [-0.2, 0) is 19.7 Å². The fourth-order valence-electron chi connectivity index (χ4n) is 4.76. The van der Waals surface area contributed by atoms with Gasteiger partial charge in [0.2, 0.25) is 0 Å². The number of ketones is 1. The summed E-state index contributed by atoms with van der Waals surface area (Å²) in [5, 5.41) is 10.9. The van der Waals surface area contributed by atoms with Gasteiger partial charge >= 0.3 is 0 Å². The first-order valence-electron chi connectivity index (χ1n) is 12.7. The molecule has 2 aromatic carbocycles. The van der Waals surface area contributed by atoms with Crippen LogP contribution in [0.3, 0.4) is 0 Å². The number of benzene rings is 2. The molecule has 6 nitrogen and oxygen atoms in total. The molecule has 0 bridgehead atoms. The maximum atomic E-state index is 13.3. The lowest BCUT2D eigenvalue weighted by atomic mass is 9.85. The van der Waals surface area contributed by atoms with E-state index in [-0.39, 0.29) is 16.8 Å². The Kier molecular flexibility index (Phi) is 8.07. The smallest absolute Gasteiger partial charge is 0.290 e. The molecule has 36 heavy (non-hydrogen) atoms. The number of hydrogen-bond donors (Lipinski definition) is 1. The van der Waals surface area contributed by atoms with Gasteiger partial charge in [0.25, 0.3) is 5.91 Å². The normalized spacial score (nSPS) is 19.5. The third-order valence-electron chi connectivity index (χ3n) is 6.87. The molecular formula is C30H36N2O4. The molecule has 1 amide bonds. The number of amides is 1. The van der Waals surface area contributed by atoms with E-state index in [2.05, 4.69) is 25.7 Å². The van der Waals surface area contributed by atoms with Crippen molar-refractivity contribution in [3.63, 3.8) is 0 Å². The lowest BCUT2D eigenvalue weighted by Gasteiger charge is -2.30. The zero-order valence-electron chi connectivity index (χ0n) is 21.4. The minimum absolute atomic E-state index is 0.0169. The van der Waals surface area contributed by atoms with E-state index in [9.17, 15) is 14.7 Å². The Balaban J connectivity index is 1.60. The first kappa shape index (κ1) is 25.9. The SMILES string of the molecule is CC(C)(C)c1ccc(C2C(C(=O)C=Cc3ccccc3)=C(O)C(=O)N2CCCN2CCOCC2)cc1. The second-order valence-electron chi connectivity index (χ2n) is 10.5. The molecule has 190 valence electrons. The summed E-state index contributed by atoms with van der Waals surface area (Å²) in [6.45, 7) is 10.9. The molecule has 6 heteroatoms. The summed E-state index contributed by atoms with van der Waals surface area (Å²) in [4.78, 5) is 30.5. The fraction of sp³-hybridized carbons (Fsp3) is 0.400. The van der Waals surface area contributed by atoms with Crippen LogP contribution < -0.4 is 0 Å². The molecule has 1 unspecified atom stereocenters. The summed E-state index contributed by atoms with van der Waals surface area (Å²) in [5.74, 6) is -1.29. The quantitative estimate of drug-likeness (QED) is 0.546. The van der Waals surface area contributed by atoms with Crippen molar-refractivity contribution >= 4 is 17.8 Å². The predicted molar refractivity (Wildman–Crippen MR) is 142 cm³/mol. The van der Waals surface area contributed by atoms with E-state index in [0.717, 1.165) is 50.4 Å². The minimum atomic E-state index is -0.621. The number of rotatable bonds is 8. The molecule has 0 spiro atoms. The van der Waals surface area contributed by atoms with Crippen molar-refractivity contribution in [2.45, 2.75) is 38.6 Å². The highest BCUT2D eigenvalue weighted by molar-refractivity contribution is 6.14. The van der Waals surface area contributed by atoms with Crippen molar-refractivity contribution < 1.29 is 19.4 Å². The van der Waals surface area contributed by atoms with E-state index in [4.69, 9.17) is 4.74 Å². The van der Waals surface area contributed by atoms with Crippen molar-refractivity contribution in [1.29, 1.82) is 0 Å². The summed E-state index contributed by atoms with van der Waals surface area (Å²) in [6, 6.07) is 16.9. The molecule has 2 aliphatic rings. The summed E-state index contributed by atoms with van der Waals surface area (Å²) < 4.78 is 5.42. The first-order valence-corrected chi connectivity index (χ1v) is 12.7. The van der Waals surface area contributed by atoms with Crippen molar-refractivity contribution in [2.24, 2.45) is 0 Å². The molecule has 1 N–H and O–H groups in total. The van der Waals surface area contributed by atoms with Gasteiger partial charge in [-0.25, -0.2) is 0 Å². The van der Waals surface area contributed by atoms with E-state index in [1.807, 2.05) is 54.6 Å². The van der Waals surface area contributed by atoms with Gasteiger partial charge in [0.05, 0.1) is 24.8 Å². The van der Waals surface area contributed by atoms with Gasteiger partial charge in [-0.05, 0) is 34.6 Å². The average molecular weight is 489 g/mol. The molecule has 4 rings (SSSR count). The molecule has 2 aliphatic heterocycles. The standard InChI is InChI=1S/C30H36N2O4/c1-30(2,3)24-13-11-23(12-14-24)27-26(25(33)15-10-22-8-5-4-6-9-22)28(34)29(35)32(27)17-7-16-31-18-20-36-21-19-31/h4-6,8-15,27,34H,7,16-21H2,1-3H3. The number of hydrogen-bond acceptors (Lipinski definition) is 5. The summed E-state index contributed by atoms with van der Waals surface area (Å²) >= 11 is 0. The number of aliphatic hydroxyl groups excluding tert-OH is 1. The minimum Gasteiger partial charge on any atom is -0.503 e. The van der Waals surface area contributed by atoms with E-state index < -0.39 is 17.7 Å². The van der Waals surface area contributed by atoms with Crippen LogP contribution in [-0.4, -0.2) is 66.0 Å². The highest BCUT2D eigenvalue weighted by Gasteiger charge is 2.42. The number of nitrogens with zero attached hydrogens (tertiary/aromatic N) is 2. The van der Waals surface area contributed by atoms with E-state index in [1.165, 1.54) is 11.6 Å². The topological polar surface area (TPSA) is 70.1 Å².